The van der Waals surface area contributed by atoms with Crippen molar-refractivity contribution < 1.29 is 4.42 Å². The van der Waals surface area contributed by atoms with Gasteiger partial charge in [0, 0.05) is 21.9 Å². The Balaban J connectivity index is 1.35. The van der Waals surface area contributed by atoms with Gasteiger partial charge < -0.3 is 9.73 Å². The van der Waals surface area contributed by atoms with E-state index in [1.807, 2.05) is 36.4 Å². The number of rotatable bonds is 3. The van der Waals surface area contributed by atoms with Gasteiger partial charge in [0.2, 0.25) is 0 Å². The van der Waals surface area contributed by atoms with Crippen molar-refractivity contribution in [2.45, 2.75) is 6.17 Å². The molecule has 166 valence electrons. The van der Waals surface area contributed by atoms with Crippen molar-refractivity contribution in [3.8, 4) is 0 Å². The van der Waals surface area contributed by atoms with Crippen LogP contribution in [0.5, 0.6) is 0 Å². The molecule has 0 amide bonds. The second-order valence-corrected chi connectivity index (χ2v) is 8.74. The fourth-order valence-corrected chi connectivity index (χ4v) is 4.72. The highest BCUT2D eigenvalue weighted by Gasteiger charge is 2.21. The van der Waals surface area contributed by atoms with Crippen LogP contribution in [0.3, 0.4) is 0 Å². The normalized spacial score (nSPS) is 15.7. The third-order valence-corrected chi connectivity index (χ3v) is 6.50. The van der Waals surface area contributed by atoms with Crippen molar-refractivity contribution >= 4 is 44.4 Å². The van der Waals surface area contributed by atoms with Gasteiger partial charge in [-0.2, -0.15) is 0 Å². The van der Waals surface area contributed by atoms with Crippen molar-refractivity contribution in [3.63, 3.8) is 0 Å². The van der Waals surface area contributed by atoms with E-state index < -0.39 is 0 Å². The van der Waals surface area contributed by atoms with Crippen LogP contribution in [0.4, 0.5) is 0 Å². The summed E-state index contributed by atoms with van der Waals surface area (Å²) in [7, 11) is 0. The lowest BCUT2D eigenvalue weighted by Crippen LogP contribution is -2.36. The van der Waals surface area contributed by atoms with E-state index in [0.717, 1.165) is 50.3 Å². The zero-order valence-corrected chi connectivity index (χ0v) is 18.8. The molecule has 7 rings (SSSR count). The topological polar surface area (TPSA) is 49.9 Å². The molecule has 0 aliphatic carbocycles. The van der Waals surface area contributed by atoms with Gasteiger partial charge >= 0.3 is 0 Å². The third-order valence-electron chi connectivity index (χ3n) is 6.50. The van der Waals surface area contributed by atoms with Crippen LogP contribution in [0.15, 0.2) is 130 Å². The van der Waals surface area contributed by atoms with Gasteiger partial charge in [0.25, 0.3) is 0 Å². The molecular formula is C31H21N3O. The fourth-order valence-electron chi connectivity index (χ4n) is 4.72. The SMILES string of the molecule is c1ccc(C2=NC(c3ccccc3)N=C(c3ccc4c(c3)oc3cc5ccccc5cc34)N2)cc1. The second kappa shape index (κ2) is 7.96. The average Bonchev–Trinajstić information content (AvgIpc) is 3.29. The van der Waals surface area contributed by atoms with Gasteiger partial charge in [-0.25, -0.2) is 9.98 Å². The lowest BCUT2D eigenvalue weighted by molar-refractivity contribution is 0.669. The number of fused-ring (bicyclic) bond motifs is 4. The Kier molecular flexibility index (Phi) is 4.49. The molecule has 35 heavy (non-hydrogen) atoms. The van der Waals surface area contributed by atoms with Gasteiger partial charge in [-0.3, -0.25) is 0 Å². The van der Waals surface area contributed by atoms with Crippen LogP contribution in [0.2, 0.25) is 0 Å². The van der Waals surface area contributed by atoms with Crippen LogP contribution in [0.1, 0.15) is 22.9 Å². The van der Waals surface area contributed by atoms with Crippen molar-refractivity contribution in [1.29, 1.82) is 0 Å². The van der Waals surface area contributed by atoms with Gasteiger partial charge in [-0.1, -0.05) is 91.0 Å². The minimum absolute atomic E-state index is 0.320. The summed E-state index contributed by atoms with van der Waals surface area (Å²) in [4.78, 5) is 9.90. The largest absolute Gasteiger partial charge is 0.456 e. The summed E-state index contributed by atoms with van der Waals surface area (Å²) in [6.07, 6.45) is -0.320. The van der Waals surface area contributed by atoms with E-state index in [9.17, 15) is 0 Å². The first-order chi connectivity index (χ1) is 17.3. The predicted molar refractivity (Wildman–Crippen MR) is 143 cm³/mol. The van der Waals surface area contributed by atoms with Gasteiger partial charge in [0.05, 0.1) is 0 Å². The number of benzene rings is 5. The second-order valence-electron chi connectivity index (χ2n) is 8.74. The highest BCUT2D eigenvalue weighted by Crippen LogP contribution is 2.33. The molecule has 1 aliphatic rings. The zero-order chi connectivity index (χ0) is 23.2. The Bertz CT molecular complexity index is 1770. The predicted octanol–water partition coefficient (Wildman–Crippen LogP) is 7.23. The first-order valence-electron chi connectivity index (χ1n) is 11.7. The summed E-state index contributed by atoms with van der Waals surface area (Å²) in [6, 6.07) is 39.4. The number of hydrogen-bond acceptors (Lipinski definition) is 4. The first-order valence-corrected chi connectivity index (χ1v) is 11.7. The molecule has 1 unspecified atom stereocenters. The van der Waals surface area contributed by atoms with E-state index in [4.69, 9.17) is 14.4 Å². The number of nitrogens with zero attached hydrogens (tertiary/aromatic N) is 2. The lowest BCUT2D eigenvalue weighted by Gasteiger charge is -2.22. The highest BCUT2D eigenvalue weighted by molar-refractivity contribution is 6.17. The molecule has 1 aliphatic heterocycles. The number of furan rings is 1. The van der Waals surface area contributed by atoms with E-state index >= 15 is 0 Å². The molecular weight excluding hydrogens is 430 g/mol. The summed E-state index contributed by atoms with van der Waals surface area (Å²) in [6.45, 7) is 0. The molecule has 0 radical (unpaired) electrons. The molecule has 4 nitrogen and oxygen atoms in total. The maximum absolute atomic E-state index is 6.30. The van der Waals surface area contributed by atoms with E-state index in [1.54, 1.807) is 0 Å². The Morgan fingerprint density at radius 3 is 1.94 bits per heavy atom. The van der Waals surface area contributed by atoms with Crippen LogP contribution in [-0.4, -0.2) is 11.7 Å². The maximum Gasteiger partial charge on any atom is 0.169 e. The summed E-state index contributed by atoms with van der Waals surface area (Å²) >= 11 is 0. The highest BCUT2D eigenvalue weighted by atomic mass is 16.3. The van der Waals surface area contributed by atoms with Crippen molar-refractivity contribution in [3.05, 3.63) is 132 Å². The van der Waals surface area contributed by atoms with Crippen LogP contribution in [0, 0.1) is 0 Å². The summed E-state index contributed by atoms with van der Waals surface area (Å²) < 4.78 is 6.30. The van der Waals surface area contributed by atoms with E-state index in [-0.39, 0.29) is 6.17 Å². The quantitative estimate of drug-likeness (QED) is 0.308. The molecule has 0 fully saturated rings. The fraction of sp³-hybridized carbons (Fsp3) is 0.0323. The summed E-state index contributed by atoms with van der Waals surface area (Å²) in [5.41, 5.74) is 4.78. The van der Waals surface area contributed by atoms with Crippen molar-refractivity contribution in [1.82, 2.24) is 5.32 Å². The zero-order valence-electron chi connectivity index (χ0n) is 18.8. The van der Waals surface area contributed by atoms with Crippen molar-refractivity contribution in [2.24, 2.45) is 9.98 Å². The number of nitrogens with one attached hydrogen (secondary N) is 1. The van der Waals surface area contributed by atoms with Gasteiger partial charge in [-0.15, -0.1) is 0 Å². The molecule has 0 saturated carbocycles. The molecule has 0 spiro atoms. The van der Waals surface area contributed by atoms with E-state index in [0.29, 0.717) is 0 Å². The van der Waals surface area contributed by atoms with Crippen molar-refractivity contribution in [2.75, 3.05) is 0 Å². The van der Waals surface area contributed by atoms with E-state index in [1.165, 1.54) is 10.8 Å². The Morgan fingerprint density at radius 2 is 1.17 bits per heavy atom. The average molecular weight is 452 g/mol. The Morgan fingerprint density at radius 1 is 0.543 bits per heavy atom. The molecule has 5 aromatic carbocycles. The molecule has 6 aromatic rings. The number of hydrogen-bond donors (Lipinski definition) is 1. The van der Waals surface area contributed by atoms with Gasteiger partial charge in [-0.05, 0) is 40.6 Å². The van der Waals surface area contributed by atoms with Crippen LogP contribution in [0.25, 0.3) is 32.7 Å². The standard InChI is InChI=1S/C31H21N3O/c1-3-9-20(10-4-1)29-32-30(21-11-5-2-6-12-21)34-31(33-29)24-15-16-25-26-17-22-13-7-8-14-23(22)18-28(26)35-27(25)19-24/h1-19,29H,(H,32,33,34). The molecule has 0 bridgehead atoms. The monoisotopic (exact) mass is 451 g/mol. The molecule has 2 heterocycles. The Labute approximate surface area is 202 Å². The molecule has 4 heteroatoms. The molecule has 1 aromatic heterocycles. The smallest absolute Gasteiger partial charge is 0.169 e. The molecule has 0 saturated heterocycles. The third kappa shape index (κ3) is 3.47. The molecule has 1 atom stereocenters. The summed E-state index contributed by atoms with van der Waals surface area (Å²) in [5.74, 6) is 1.58. The van der Waals surface area contributed by atoms with Gasteiger partial charge in [0.15, 0.2) is 6.17 Å². The minimum atomic E-state index is -0.320. The van der Waals surface area contributed by atoms with E-state index in [2.05, 4.69) is 84.2 Å². The van der Waals surface area contributed by atoms with Gasteiger partial charge in [0.1, 0.15) is 22.8 Å². The number of aliphatic imine (C=N–C) groups is 2. The van der Waals surface area contributed by atoms with Crippen LogP contribution in [-0.2, 0) is 0 Å². The molecule has 1 N–H and O–H groups in total. The lowest BCUT2D eigenvalue weighted by atomic mass is 10.0. The minimum Gasteiger partial charge on any atom is -0.456 e. The Hall–Kier alpha value is -4.70. The summed E-state index contributed by atoms with van der Waals surface area (Å²) in [5, 5.41) is 8.07. The first kappa shape index (κ1) is 19.7. The van der Waals surface area contributed by atoms with Crippen LogP contribution < -0.4 is 5.32 Å². The van der Waals surface area contributed by atoms with Crippen LogP contribution >= 0.6 is 0 Å². The maximum atomic E-state index is 6.30. The number of amidine groups is 2.